The number of hydrogen-bond acceptors (Lipinski definition) is 5. The molecule has 0 radical (unpaired) electrons. The highest BCUT2D eigenvalue weighted by Crippen LogP contribution is 2.28. The first kappa shape index (κ1) is 25.6. The normalized spacial score (nSPS) is 14.5. The van der Waals surface area contributed by atoms with Crippen LogP contribution in [0.15, 0.2) is 66.2 Å². The molecule has 1 fully saturated rings. The van der Waals surface area contributed by atoms with Crippen LogP contribution in [0.3, 0.4) is 0 Å². The number of rotatable bonds is 6. The van der Waals surface area contributed by atoms with Crippen LogP contribution in [-0.2, 0) is 14.4 Å². The van der Waals surface area contributed by atoms with E-state index in [9.17, 15) is 23.6 Å². The number of halogens is 2. The minimum absolute atomic E-state index is 0.0768. The molecule has 5 amide bonds. The first-order chi connectivity index (χ1) is 17.6. The molecule has 4 rings (SSSR count). The third-order valence-corrected chi connectivity index (χ3v) is 5.93. The van der Waals surface area contributed by atoms with E-state index in [1.54, 1.807) is 6.07 Å². The van der Waals surface area contributed by atoms with Crippen molar-refractivity contribution in [3.63, 3.8) is 0 Å². The van der Waals surface area contributed by atoms with Gasteiger partial charge in [0.1, 0.15) is 17.1 Å². The monoisotopic (exact) mass is 521 g/mol. The lowest BCUT2D eigenvalue weighted by Gasteiger charge is -2.26. The van der Waals surface area contributed by atoms with Gasteiger partial charge in [-0.3, -0.25) is 19.7 Å². The van der Waals surface area contributed by atoms with Crippen molar-refractivity contribution in [1.82, 2.24) is 5.32 Å². The average molecular weight is 522 g/mol. The quantitative estimate of drug-likeness (QED) is 0.359. The Hall–Kier alpha value is -4.50. The molecule has 0 saturated carbocycles. The van der Waals surface area contributed by atoms with Crippen molar-refractivity contribution in [1.29, 1.82) is 0 Å². The molecule has 1 aliphatic rings. The maximum atomic E-state index is 13.3. The van der Waals surface area contributed by atoms with Gasteiger partial charge in [-0.1, -0.05) is 23.7 Å². The molecule has 188 valence electrons. The van der Waals surface area contributed by atoms with Crippen LogP contribution in [0.1, 0.15) is 16.7 Å². The van der Waals surface area contributed by atoms with E-state index in [-0.39, 0.29) is 34.2 Å². The van der Waals surface area contributed by atoms with Gasteiger partial charge < -0.3 is 10.1 Å². The van der Waals surface area contributed by atoms with Crippen LogP contribution >= 0.6 is 11.6 Å². The van der Waals surface area contributed by atoms with Gasteiger partial charge in [0.15, 0.2) is 6.61 Å². The Balaban J connectivity index is 1.58. The average Bonchev–Trinajstić information content (AvgIpc) is 2.85. The van der Waals surface area contributed by atoms with Crippen LogP contribution in [0.5, 0.6) is 5.75 Å². The fourth-order valence-corrected chi connectivity index (χ4v) is 3.80. The van der Waals surface area contributed by atoms with Crippen molar-refractivity contribution >= 4 is 52.8 Å². The van der Waals surface area contributed by atoms with Crippen LogP contribution < -0.4 is 20.3 Å². The molecule has 0 aromatic heterocycles. The highest BCUT2D eigenvalue weighted by Gasteiger charge is 2.37. The van der Waals surface area contributed by atoms with E-state index in [4.69, 9.17) is 16.3 Å². The van der Waals surface area contributed by atoms with Crippen molar-refractivity contribution in [2.75, 3.05) is 16.8 Å². The molecule has 3 aromatic carbocycles. The zero-order valence-electron chi connectivity index (χ0n) is 19.8. The second kappa shape index (κ2) is 10.6. The van der Waals surface area contributed by atoms with Gasteiger partial charge in [0.25, 0.3) is 17.7 Å². The van der Waals surface area contributed by atoms with E-state index in [0.29, 0.717) is 5.69 Å². The smallest absolute Gasteiger partial charge is 0.335 e. The standard InChI is InChI=1S/C27H21ClFN3O5/c1-15-4-3-5-22(16(15)2)30-24(33)14-37-23-11-6-18(28)12-17(23)13-21-25(34)31-27(36)32(26(21)35)20-9-7-19(29)8-10-20/h3-13H,14H2,1-2H3,(H,30,33)(H,31,34,36)/b21-13+. The Morgan fingerprint density at radius 1 is 1.08 bits per heavy atom. The van der Waals surface area contributed by atoms with Gasteiger partial charge in [-0.25, -0.2) is 14.1 Å². The Labute approximate surface area is 216 Å². The van der Waals surface area contributed by atoms with Gasteiger partial charge in [0.05, 0.1) is 5.69 Å². The predicted molar refractivity (Wildman–Crippen MR) is 137 cm³/mol. The lowest BCUT2D eigenvalue weighted by molar-refractivity contribution is -0.122. The number of imide groups is 2. The SMILES string of the molecule is Cc1cccc(NC(=O)COc2ccc(Cl)cc2/C=C2\C(=O)NC(=O)N(c3ccc(F)cc3)C2=O)c1C. The summed E-state index contributed by atoms with van der Waals surface area (Å²) in [5, 5.41) is 5.16. The molecule has 0 atom stereocenters. The summed E-state index contributed by atoms with van der Waals surface area (Å²) in [5.41, 5.74) is 2.54. The molecule has 1 aliphatic heterocycles. The molecule has 0 spiro atoms. The van der Waals surface area contributed by atoms with E-state index in [1.807, 2.05) is 26.0 Å². The molecule has 1 saturated heterocycles. The van der Waals surface area contributed by atoms with Crippen molar-refractivity contribution in [3.8, 4) is 5.75 Å². The summed E-state index contributed by atoms with van der Waals surface area (Å²) in [4.78, 5) is 51.2. The summed E-state index contributed by atoms with van der Waals surface area (Å²) in [6.07, 6.45) is 1.21. The minimum Gasteiger partial charge on any atom is -0.483 e. The number of ether oxygens (including phenoxy) is 1. The van der Waals surface area contributed by atoms with E-state index in [0.717, 1.165) is 28.2 Å². The van der Waals surface area contributed by atoms with Crippen LogP contribution in [0.25, 0.3) is 6.08 Å². The molecule has 8 nitrogen and oxygen atoms in total. The van der Waals surface area contributed by atoms with E-state index in [2.05, 4.69) is 10.6 Å². The minimum atomic E-state index is -0.968. The third-order valence-electron chi connectivity index (χ3n) is 5.70. The maximum absolute atomic E-state index is 13.3. The molecule has 2 N–H and O–H groups in total. The van der Waals surface area contributed by atoms with Gasteiger partial charge in [-0.05, 0) is 79.6 Å². The molecule has 0 unspecified atom stereocenters. The Bertz CT molecular complexity index is 1450. The fourth-order valence-electron chi connectivity index (χ4n) is 3.62. The number of nitrogens with one attached hydrogen (secondary N) is 2. The van der Waals surface area contributed by atoms with Crippen molar-refractivity contribution in [2.45, 2.75) is 13.8 Å². The third kappa shape index (κ3) is 5.68. The van der Waals surface area contributed by atoms with Gasteiger partial charge in [-0.2, -0.15) is 0 Å². The van der Waals surface area contributed by atoms with E-state index < -0.39 is 29.6 Å². The zero-order valence-corrected chi connectivity index (χ0v) is 20.6. The molecule has 1 heterocycles. The fraction of sp³-hybridized carbons (Fsp3) is 0.111. The number of hydrogen-bond donors (Lipinski definition) is 2. The largest absolute Gasteiger partial charge is 0.483 e. The van der Waals surface area contributed by atoms with Crippen LogP contribution in [-0.4, -0.2) is 30.4 Å². The Morgan fingerprint density at radius 3 is 2.54 bits per heavy atom. The first-order valence-electron chi connectivity index (χ1n) is 11.1. The number of nitrogens with zero attached hydrogens (tertiary/aromatic N) is 1. The van der Waals surface area contributed by atoms with Gasteiger partial charge >= 0.3 is 6.03 Å². The summed E-state index contributed by atoms with van der Waals surface area (Å²) < 4.78 is 19.0. The van der Waals surface area contributed by atoms with Crippen LogP contribution in [0.4, 0.5) is 20.6 Å². The molecule has 3 aromatic rings. The number of urea groups is 1. The molecule has 10 heteroatoms. The van der Waals surface area contributed by atoms with Gasteiger partial charge in [-0.15, -0.1) is 0 Å². The highest BCUT2D eigenvalue weighted by molar-refractivity contribution is 6.39. The molecular weight excluding hydrogens is 501 g/mol. The number of carbonyl (C=O) groups excluding carboxylic acids is 4. The summed E-state index contributed by atoms with van der Waals surface area (Å²) in [5.74, 6) is -2.63. The van der Waals surface area contributed by atoms with Gasteiger partial charge in [0, 0.05) is 16.3 Å². The Morgan fingerprint density at radius 2 is 1.81 bits per heavy atom. The number of barbiturate groups is 1. The van der Waals surface area contributed by atoms with E-state index >= 15 is 0 Å². The topological polar surface area (TPSA) is 105 Å². The summed E-state index contributed by atoms with van der Waals surface area (Å²) in [6.45, 7) is 3.47. The van der Waals surface area contributed by atoms with Crippen LogP contribution in [0, 0.1) is 19.7 Å². The maximum Gasteiger partial charge on any atom is 0.335 e. The number of benzene rings is 3. The summed E-state index contributed by atoms with van der Waals surface area (Å²) >= 11 is 6.12. The zero-order chi connectivity index (χ0) is 26.7. The molecule has 37 heavy (non-hydrogen) atoms. The first-order valence-corrected chi connectivity index (χ1v) is 11.5. The van der Waals surface area contributed by atoms with Crippen molar-refractivity contribution < 1.29 is 28.3 Å². The van der Waals surface area contributed by atoms with Gasteiger partial charge in [0.2, 0.25) is 0 Å². The van der Waals surface area contributed by atoms with Crippen molar-refractivity contribution in [3.05, 3.63) is 93.8 Å². The predicted octanol–water partition coefficient (Wildman–Crippen LogP) is 4.78. The Kier molecular flexibility index (Phi) is 7.35. The van der Waals surface area contributed by atoms with Crippen molar-refractivity contribution in [2.24, 2.45) is 0 Å². The van der Waals surface area contributed by atoms with E-state index in [1.165, 1.54) is 36.4 Å². The number of amides is 5. The number of aryl methyl sites for hydroxylation is 1. The lowest BCUT2D eigenvalue weighted by Crippen LogP contribution is -2.54. The second-order valence-electron chi connectivity index (χ2n) is 8.20. The lowest BCUT2D eigenvalue weighted by atomic mass is 10.1. The summed E-state index contributed by atoms with van der Waals surface area (Å²) in [7, 11) is 0. The number of carbonyl (C=O) groups is 4. The molecule has 0 bridgehead atoms. The molecular formula is C27H21ClFN3O5. The second-order valence-corrected chi connectivity index (χ2v) is 8.64. The van der Waals surface area contributed by atoms with Crippen LogP contribution in [0.2, 0.25) is 5.02 Å². The highest BCUT2D eigenvalue weighted by atomic mass is 35.5. The number of anilines is 2. The summed E-state index contributed by atoms with van der Waals surface area (Å²) in [6, 6.07) is 13.7. The molecule has 0 aliphatic carbocycles.